The van der Waals surface area contributed by atoms with Gasteiger partial charge in [-0.05, 0) is 25.0 Å². The summed E-state index contributed by atoms with van der Waals surface area (Å²) in [5.74, 6) is -0.917. The van der Waals surface area contributed by atoms with Gasteiger partial charge in [0.2, 0.25) is 0 Å². The van der Waals surface area contributed by atoms with E-state index in [1.54, 1.807) is 0 Å². The molecule has 5 nitrogen and oxygen atoms in total. The van der Waals surface area contributed by atoms with Crippen molar-refractivity contribution in [2.75, 3.05) is 0 Å². The number of benzene rings is 1. The predicted molar refractivity (Wildman–Crippen MR) is 79.9 cm³/mol. The van der Waals surface area contributed by atoms with Gasteiger partial charge in [0, 0.05) is 11.3 Å². The van der Waals surface area contributed by atoms with Crippen molar-refractivity contribution >= 4 is 5.97 Å². The Morgan fingerprint density at radius 1 is 1.19 bits per heavy atom. The van der Waals surface area contributed by atoms with Crippen LogP contribution >= 0.6 is 0 Å². The Labute approximate surface area is 122 Å². The molecule has 1 heterocycles. The minimum Gasteiger partial charge on any atom is -0.481 e. The average Bonchev–Trinajstić information content (AvgIpc) is 2.48. The molecule has 0 aliphatic rings. The summed E-state index contributed by atoms with van der Waals surface area (Å²) in [5.41, 5.74) is 2.30. The minimum atomic E-state index is -0.917. The van der Waals surface area contributed by atoms with Crippen molar-refractivity contribution in [1.82, 2.24) is 9.55 Å². The highest BCUT2D eigenvalue weighted by molar-refractivity contribution is 5.71. The van der Waals surface area contributed by atoms with Crippen LogP contribution in [-0.2, 0) is 24.1 Å². The summed E-state index contributed by atoms with van der Waals surface area (Å²) in [4.78, 5) is 27.5. The van der Waals surface area contributed by atoms with Crippen molar-refractivity contribution in [2.45, 2.75) is 33.1 Å². The van der Waals surface area contributed by atoms with E-state index in [2.05, 4.69) is 4.98 Å². The van der Waals surface area contributed by atoms with E-state index in [-0.39, 0.29) is 12.1 Å². The fraction of sp³-hybridized carbons (Fsp3) is 0.312. The number of carboxylic acid groups (broad SMARTS) is 1. The molecule has 0 unspecified atom stereocenters. The summed E-state index contributed by atoms with van der Waals surface area (Å²) in [5, 5.41) is 9.12. The number of hydrogen-bond donors (Lipinski definition) is 1. The summed E-state index contributed by atoms with van der Waals surface area (Å²) < 4.78 is 1.51. The molecular formula is C16H18N2O3. The fourth-order valence-corrected chi connectivity index (χ4v) is 2.51. The highest BCUT2D eigenvalue weighted by atomic mass is 16.4. The molecule has 5 heteroatoms. The van der Waals surface area contributed by atoms with Gasteiger partial charge in [0.05, 0.1) is 17.8 Å². The van der Waals surface area contributed by atoms with Crippen molar-refractivity contribution in [2.24, 2.45) is 0 Å². The number of nitrogens with zero attached hydrogens (tertiary/aromatic N) is 2. The van der Waals surface area contributed by atoms with Crippen molar-refractivity contribution in [3.05, 3.63) is 57.8 Å². The standard InChI is InChI=1S/C16H18N2O3/c1-3-13-12(10-15(19)20)14(4-2)18(16(21)17-13)11-8-6-5-7-9-11/h5-9H,3-4,10H2,1-2H3,(H,19,20). The van der Waals surface area contributed by atoms with Crippen LogP contribution in [0.4, 0.5) is 0 Å². The van der Waals surface area contributed by atoms with Gasteiger partial charge in [0.25, 0.3) is 0 Å². The Bertz CT molecular complexity index is 705. The number of aromatic nitrogens is 2. The van der Waals surface area contributed by atoms with E-state index in [0.29, 0.717) is 29.8 Å². The van der Waals surface area contributed by atoms with Gasteiger partial charge in [0.1, 0.15) is 0 Å². The first kappa shape index (κ1) is 15.0. The Morgan fingerprint density at radius 3 is 2.38 bits per heavy atom. The summed E-state index contributed by atoms with van der Waals surface area (Å²) in [6.07, 6.45) is 0.995. The Morgan fingerprint density at radius 2 is 1.86 bits per heavy atom. The number of carbonyl (C=O) groups is 1. The molecule has 0 aliphatic carbocycles. The predicted octanol–water partition coefficient (Wildman–Crippen LogP) is 1.98. The summed E-state index contributed by atoms with van der Waals surface area (Å²) in [6.45, 7) is 3.79. The molecule has 0 saturated carbocycles. The number of hydrogen-bond acceptors (Lipinski definition) is 3. The van der Waals surface area contributed by atoms with Gasteiger partial charge in [-0.1, -0.05) is 32.0 Å². The molecule has 0 spiro atoms. The highest BCUT2D eigenvalue weighted by Crippen LogP contribution is 2.17. The lowest BCUT2D eigenvalue weighted by molar-refractivity contribution is -0.136. The van der Waals surface area contributed by atoms with Crippen LogP contribution in [0.25, 0.3) is 5.69 Å². The summed E-state index contributed by atoms with van der Waals surface area (Å²) >= 11 is 0. The molecule has 0 saturated heterocycles. The van der Waals surface area contributed by atoms with Crippen molar-refractivity contribution in [3.63, 3.8) is 0 Å². The van der Waals surface area contributed by atoms with E-state index in [4.69, 9.17) is 5.11 Å². The van der Waals surface area contributed by atoms with Crippen LogP contribution in [-0.4, -0.2) is 20.6 Å². The number of rotatable bonds is 5. The highest BCUT2D eigenvalue weighted by Gasteiger charge is 2.18. The lowest BCUT2D eigenvalue weighted by Crippen LogP contribution is -2.29. The van der Waals surface area contributed by atoms with Gasteiger partial charge in [0.15, 0.2) is 0 Å². The molecule has 0 bridgehead atoms. The SMILES string of the molecule is CCc1nc(=O)n(-c2ccccc2)c(CC)c1CC(=O)O. The second-order valence-electron chi connectivity index (χ2n) is 4.71. The van der Waals surface area contributed by atoms with Crippen LogP contribution in [0.1, 0.15) is 30.8 Å². The molecule has 1 aromatic carbocycles. The molecule has 21 heavy (non-hydrogen) atoms. The molecule has 1 N–H and O–H groups in total. The van der Waals surface area contributed by atoms with E-state index in [9.17, 15) is 9.59 Å². The molecular weight excluding hydrogens is 268 g/mol. The van der Waals surface area contributed by atoms with Gasteiger partial charge < -0.3 is 5.11 Å². The fourth-order valence-electron chi connectivity index (χ4n) is 2.51. The van der Waals surface area contributed by atoms with Gasteiger partial charge in [-0.2, -0.15) is 4.98 Å². The van der Waals surface area contributed by atoms with Gasteiger partial charge in [-0.25, -0.2) is 4.79 Å². The molecule has 1 aromatic heterocycles. The number of aryl methyl sites for hydroxylation is 1. The molecule has 0 atom stereocenters. The molecule has 0 amide bonds. The smallest absolute Gasteiger partial charge is 0.352 e. The second kappa shape index (κ2) is 6.35. The minimum absolute atomic E-state index is 0.119. The summed E-state index contributed by atoms with van der Waals surface area (Å²) in [6, 6.07) is 9.18. The first-order valence-corrected chi connectivity index (χ1v) is 6.99. The number of carboxylic acids is 1. The second-order valence-corrected chi connectivity index (χ2v) is 4.71. The quantitative estimate of drug-likeness (QED) is 0.912. The van der Waals surface area contributed by atoms with Crippen LogP contribution in [0.2, 0.25) is 0 Å². The molecule has 2 rings (SSSR count). The number of aliphatic carboxylic acids is 1. The zero-order valence-electron chi connectivity index (χ0n) is 12.2. The van der Waals surface area contributed by atoms with Crippen LogP contribution in [0.3, 0.4) is 0 Å². The molecule has 2 aromatic rings. The monoisotopic (exact) mass is 286 g/mol. The van der Waals surface area contributed by atoms with Crippen LogP contribution < -0.4 is 5.69 Å². The maximum atomic E-state index is 12.3. The maximum Gasteiger partial charge on any atom is 0.352 e. The first-order chi connectivity index (χ1) is 10.1. The van der Waals surface area contributed by atoms with E-state index >= 15 is 0 Å². The third kappa shape index (κ3) is 3.02. The van der Waals surface area contributed by atoms with E-state index < -0.39 is 5.97 Å². The topological polar surface area (TPSA) is 72.2 Å². The normalized spacial score (nSPS) is 10.6. The first-order valence-electron chi connectivity index (χ1n) is 6.99. The molecule has 0 fully saturated rings. The van der Waals surface area contributed by atoms with E-state index in [1.165, 1.54) is 4.57 Å². The van der Waals surface area contributed by atoms with Crippen molar-refractivity contribution < 1.29 is 9.90 Å². The Hall–Kier alpha value is -2.43. The summed E-state index contributed by atoms with van der Waals surface area (Å²) in [7, 11) is 0. The van der Waals surface area contributed by atoms with Gasteiger partial charge in [-0.15, -0.1) is 0 Å². The van der Waals surface area contributed by atoms with Gasteiger partial charge in [-0.3, -0.25) is 9.36 Å². The zero-order chi connectivity index (χ0) is 15.4. The van der Waals surface area contributed by atoms with Crippen LogP contribution in [0.5, 0.6) is 0 Å². The van der Waals surface area contributed by atoms with E-state index in [1.807, 2.05) is 44.2 Å². The number of para-hydroxylation sites is 1. The molecule has 110 valence electrons. The lowest BCUT2D eigenvalue weighted by atomic mass is 10.0. The third-order valence-electron chi connectivity index (χ3n) is 3.40. The van der Waals surface area contributed by atoms with Crippen molar-refractivity contribution in [1.29, 1.82) is 0 Å². The average molecular weight is 286 g/mol. The van der Waals surface area contributed by atoms with Gasteiger partial charge >= 0.3 is 11.7 Å². The lowest BCUT2D eigenvalue weighted by Gasteiger charge is -2.17. The third-order valence-corrected chi connectivity index (χ3v) is 3.40. The van der Waals surface area contributed by atoms with Crippen molar-refractivity contribution in [3.8, 4) is 5.69 Å². The maximum absolute atomic E-state index is 12.3. The molecule has 0 radical (unpaired) electrons. The molecule has 0 aliphatic heterocycles. The Kier molecular flexibility index (Phi) is 4.52. The largest absolute Gasteiger partial charge is 0.481 e. The van der Waals surface area contributed by atoms with E-state index in [0.717, 1.165) is 5.69 Å². The van der Waals surface area contributed by atoms with Crippen LogP contribution in [0, 0.1) is 0 Å². The Balaban J connectivity index is 2.76. The zero-order valence-corrected chi connectivity index (χ0v) is 12.2. The van der Waals surface area contributed by atoms with Crippen LogP contribution in [0.15, 0.2) is 35.1 Å².